The van der Waals surface area contributed by atoms with Crippen LogP contribution in [0.25, 0.3) is 0 Å². The van der Waals surface area contributed by atoms with Gasteiger partial charge in [0.25, 0.3) is 0 Å². The second-order valence-electron chi connectivity index (χ2n) is 9.03. The number of nitrogens with zero attached hydrogens (tertiary/aromatic N) is 3. The summed E-state index contributed by atoms with van der Waals surface area (Å²) in [7, 11) is 7.23. The van der Waals surface area contributed by atoms with Crippen molar-refractivity contribution in [2.24, 2.45) is 5.41 Å². The highest BCUT2D eigenvalue weighted by molar-refractivity contribution is 6.73. The number of hydrogen-bond donors (Lipinski definition) is 0. The Hall–Kier alpha value is 0.0569. The van der Waals surface area contributed by atoms with Gasteiger partial charge in [0.15, 0.2) is 8.32 Å². The maximum atomic E-state index is 6.18. The molecule has 5 heteroatoms. The van der Waals surface area contributed by atoms with Crippen molar-refractivity contribution in [3.63, 3.8) is 0 Å². The normalized spacial score (nSPS) is 13.3. The second kappa shape index (κ2) is 14.9. The van der Waals surface area contributed by atoms with Crippen LogP contribution in [-0.2, 0) is 4.43 Å². The quantitative estimate of drug-likeness (QED) is 0.293. The van der Waals surface area contributed by atoms with Crippen LogP contribution in [0, 0.1) is 5.41 Å². The standard InChI is InChI=1S/C23H53N3OSi/c1-10-24(6)19-15-23(16-20-25(7)11-2,17-21-26(8)12-3)18-22-28(13-4,14-5)27-9/h10-22H2,1-9H3. The molecule has 0 amide bonds. The molecule has 0 N–H and O–H groups in total. The molecule has 0 saturated heterocycles. The maximum Gasteiger partial charge on any atom is 0.191 e. The molecule has 0 fully saturated rings. The molecule has 0 rings (SSSR count). The van der Waals surface area contributed by atoms with E-state index in [0.717, 1.165) is 19.6 Å². The molecule has 0 radical (unpaired) electrons. The van der Waals surface area contributed by atoms with Crippen molar-refractivity contribution >= 4 is 8.32 Å². The van der Waals surface area contributed by atoms with Crippen LogP contribution in [-0.4, -0.2) is 90.5 Å². The van der Waals surface area contributed by atoms with Gasteiger partial charge in [-0.3, -0.25) is 0 Å². The van der Waals surface area contributed by atoms with E-state index in [-0.39, 0.29) is 0 Å². The molecule has 0 spiro atoms. The fourth-order valence-electron chi connectivity index (χ4n) is 4.00. The van der Waals surface area contributed by atoms with Gasteiger partial charge >= 0.3 is 0 Å². The van der Waals surface area contributed by atoms with E-state index in [1.807, 2.05) is 7.11 Å². The molecule has 0 aliphatic heterocycles. The smallest absolute Gasteiger partial charge is 0.191 e. The summed E-state index contributed by atoms with van der Waals surface area (Å²) in [5, 5.41) is 0. The van der Waals surface area contributed by atoms with E-state index in [2.05, 4.69) is 70.5 Å². The predicted molar refractivity (Wildman–Crippen MR) is 129 cm³/mol. The summed E-state index contributed by atoms with van der Waals surface area (Å²) in [6.45, 7) is 18.6. The van der Waals surface area contributed by atoms with Gasteiger partial charge in [0.05, 0.1) is 0 Å². The van der Waals surface area contributed by atoms with Gasteiger partial charge in [-0.1, -0.05) is 34.6 Å². The predicted octanol–water partition coefficient (Wildman–Crippen LogP) is 5.02. The lowest BCUT2D eigenvalue weighted by Crippen LogP contribution is -2.40. The van der Waals surface area contributed by atoms with Gasteiger partial charge in [0, 0.05) is 7.11 Å². The van der Waals surface area contributed by atoms with Crippen molar-refractivity contribution in [3.8, 4) is 0 Å². The summed E-state index contributed by atoms with van der Waals surface area (Å²) in [6, 6.07) is 3.81. The Morgan fingerprint density at radius 1 is 0.643 bits per heavy atom. The highest BCUT2D eigenvalue weighted by Crippen LogP contribution is 2.40. The minimum absolute atomic E-state index is 0.428. The van der Waals surface area contributed by atoms with Crippen molar-refractivity contribution in [2.75, 3.05) is 67.5 Å². The number of rotatable bonds is 18. The van der Waals surface area contributed by atoms with Crippen molar-refractivity contribution in [1.82, 2.24) is 14.7 Å². The fraction of sp³-hybridized carbons (Fsp3) is 1.00. The molecular weight excluding hydrogens is 362 g/mol. The Labute approximate surface area is 179 Å². The molecular formula is C23H53N3OSi. The van der Waals surface area contributed by atoms with Crippen molar-refractivity contribution in [1.29, 1.82) is 0 Å². The Morgan fingerprint density at radius 2 is 1.00 bits per heavy atom. The van der Waals surface area contributed by atoms with Gasteiger partial charge < -0.3 is 19.1 Å². The van der Waals surface area contributed by atoms with Crippen LogP contribution in [0.3, 0.4) is 0 Å². The molecule has 0 aromatic heterocycles. The molecule has 0 heterocycles. The van der Waals surface area contributed by atoms with Gasteiger partial charge in [-0.2, -0.15) is 0 Å². The summed E-state index contributed by atoms with van der Waals surface area (Å²) in [4.78, 5) is 7.47. The third-order valence-electron chi connectivity index (χ3n) is 7.52. The lowest BCUT2D eigenvalue weighted by atomic mass is 9.75. The summed E-state index contributed by atoms with van der Waals surface area (Å²) in [5.74, 6) is 0. The Morgan fingerprint density at radius 3 is 1.25 bits per heavy atom. The SMILES string of the molecule is CCN(C)CCC(CCN(C)CC)(CCN(C)CC)CC[Si](CC)(CC)OC. The highest BCUT2D eigenvalue weighted by atomic mass is 28.4. The largest absolute Gasteiger partial charge is 0.420 e. The van der Waals surface area contributed by atoms with E-state index in [1.54, 1.807) is 0 Å². The van der Waals surface area contributed by atoms with Crippen LogP contribution in [0.1, 0.15) is 60.3 Å². The third kappa shape index (κ3) is 10.2. The molecule has 0 aliphatic carbocycles. The summed E-state index contributed by atoms with van der Waals surface area (Å²) < 4.78 is 6.18. The zero-order chi connectivity index (χ0) is 21.6. The van der Waals surface area contributed by atoms with Crippen molar-refractivity contribution < 1.29 is 4.43 Å². The molecule has 0 bridgehead atoms. The lowest BCUT2D eigenvalue weighted by molar-refractivity contribution is 0.135. The molecule has 0 saturated carbocycles. The van der Waals surface area contributed by atoms with Gasteiger partial charge in [0.1, 0.15) is 0 Å². The fourth-order valence-corrected chi connectivity index (χ4v) is 6.97. The summed E-state index contributed by atoms with van der Waals surface area (Å²) in [5.41, 5.74) is 0.428. The van der Waals surface area contributed by atoms with Crippen molar-refractivity contribution in [2.45, 2.75) is 78.4 Å². The second-order valence-corrected chi connectivity index (χ2v) is 13.7. The van der Waals surface area contributed by atoms with E-state index in [4.69, 9.17) is 4.43 Å². The van der Waals surface area contributed by atoms with E-state index < -0.39 is 8.32 Å². The summed E-state index contributed by atoms with van der Waals surface area (Å²) in [6.07, 6.45) is 5.28. The van der Waals surface area contributed by atoms with Gasteiger partial charge in [-0.15, -0.1) is 0 Å². The van der Waals surface area contributed by atoms with E-state index in [0.29, 0.717) is 5.41 Å². The van der Waals surface area contributed by atoms with Gasteiger partial charge in [-0.05, 0) is 110 Å². The van der Waals surface area contributed by atoms with Crippen LogP contribution in [0.5, 0.6) is 0 Å². The number of hydrogen-bond acceptors (Lipinski definition) is 4. The zero-order valence-corrected chi connectivity index (χ0v) is 21.9. The monoisotopic (exact) mass is 415 g/mol. The molecule has 0 aliphatic rings. The minimum atomic E-state index is -1.56. The molecule has 170 valence electrons. The average molecular weight is 416 g/mol. The molecule has 0 atom stereocenters. The highest BCUT2D eigenvalue weighted by Gasteiger charge is 2.36. The van der Waals surface area contributed by atoms with Gasteiger partial charge in [-0.25, -0.2) is 0 Å². The van der Waals surface area contributed by atoms with Crippen molar-refractivity contribution in [3.05, 3.63) is 0 Å². The molecule has 0 aromatic carbocycles. The Balaban J connectivity index is 5.48. The van der Waals surface area contributed by atoms with E-state index in [1.165, 1.54) is 63.4 Å². The van der Waals surface area contributed by atoms with Crippen LogP contribution < -0.4 is 0 Å². The van der Waals surface area contributed by atoms with Crippen LogP contribution in [0.4, 0.5) is 0 Å². The van der Waals surface area contributed by atoms with E-state index in [9.17, 15) is 0 Å². The molecule has 0 unspecified atom stereocenters. The summed E-state index contributed by atoms with van der Waals surface area (Å²) >= 11 is 0. The lowest BCUT2D eigenvalue weighted by Gasteiger charge is -2.40. The Bertz CT molecular complexity index is 333. The first-order valence-electron chi connectivity index (χ1n) is 11.9. The molecule has 28 heavy (non-hydrogen) atoms. The molecule has 0 aromatic rings. The topological polar surface area (TPSA) is 19.0 Å². The van der Waals surface area contributed by atoms with Crippen LogP contribution in [0.15, 0.2) is 0 Å². The Kier molecular flexibility index (Phi) is 15.0. The zero-order valence-electron chi connectivity index (χ0n) is 20.9. The first-order valence-corrected chi connectivity index (χ1v) is 14.4. The third-order valence-corrected chi connectivity index (χ3v) is 12.1. The van der Waals surface area contributed by atoms with Crippen LogP contribution in [0.2, 0.25) is 18.1 Å². The minimum Gasteiger partial charge on any atom is -0.420 e. The first kappa shape index (κ1) is 28.1. The maximum absolute atomic E-state index is 6.18. The average Bonchev–Trinajstić information content (AvgIpc) is 2.74. The van der Waals surface area contributed by atoms with E-state index >= 15 is 0 Å². The van der Waals surface area contributed by atoms with Crippen LogP contribution >= 0.6 is 0 Å². The van der Waals surface area contributed by atoms with Gasteiger partial charge in [0.2, 0.25) is 0 Å². The first-order chi connectivity index (χ1) is 13.3. The molecule has 4 nitrogen and oxygen atoms in total.